The van der Waals surface area contributed by atoms with Crippen molar-refractivity contribution >= 4 is 17.7 Å². The minimum Gasteiger partial charge on any atom is -0.497 e. The first-order chi connectivity index (χ1) is 15.9. The molecule has 1 heterocycles. The van der Waals surface area contributed by atoms with Gasteiger partial charge in [0.2, 0.25) is 5.91 Å². The number of alkyl halides is 2. The number of carbonyl (C=O) groups excluding carboxylic acids is 1. The highest BCUT2D eigenvalue weighted by molar-refractivity contribution is 7.99. The predicted octanol–water partition coefficient (Wildman–Crippen LogP) is 4.73. The summed E-state index contributed by atoms with van der Waals surface area (Å²) in [7, 11) is 3.14. The van der Waals surface area contributed by atoms with Gasteiger partial charge in [-0.05, 0) is 55.5 Å². The minimum atomic E-state index is -2.88. The van der Waals surface area contributed by atoms with Gasteiger partial charge in [0.15, 0.2) is 5.16 Å². The van der Waals surface area contributed by atoms with Crippen LogP contribution in [0.25, 0.3) is 11.3 Å². The Balaban J connectivity index is 1.61. The van der Waals surface area contributed by atoms with E-state index in [4.69, 9.17) is 9.47 Å². The van der Waals surface area contributed by atoms with Gasteiger partial charge < -0.3 is 19.5 Å². The molecular weight excluding hydrogens is 452 g/mol. The number of amides is 1. The van der Waals surface area contributed by atoms with E-state index >= 15 is 0 Å². The summed E-state index contributed by atoms with van der Waals surface area (Å²) >= 11 is 1.19. The summed E-state index contributed by atoms with van der Waals surface area (Å²) in [4.78, 5) is 21.1. The number of hydrogen-bond donors (Lipinski definition) is 1. The zero-order chi connectivity index (χ0) is 23.8. The first-order valence-electron chi connectivity index (χ1n) is 9.92. The molecule has 33 heavy (non-hydrogen) atoms. The number of nitrogens with zero attached hydrogens (tertiary/aromatic N) is 2. The SMILES string of the molecule is COc1ccc(OC)c([C@@H](C)NC(=O)CSc2nccc(-c3ccc(OC(F)F)cc3)n2)c1. The normalized spacial score (nSPS) is 11.7. The predicted molar refractivity (Wildman–Crippen MR) is 121 cm³/mol. The van der Waals surface area contributed by atoms with E-state index in [1.165, 1.54) is 23.9 Å². The zero-order valence-electron chi connectivity index (χ0n) is 18.2. The topological polar surface area (TPSA) is 82.6 Å². The van der Waals surface area contributed by atoms with Gasteiger partial charge in [0.25, 0.3) is 0 Å². The Kier molecular flexibility index (Phi) is 8.42. The number of hydrogen-bond acceptors (Lipinski definition) is 7. The fraction of sp³-hybridized carbons (Fsp3) is 0.261. The van der Waals surface area contributed by atoms with Crippen molar-refractivity contribution in [1.29, 1.82) is 0 Å². The molecular formula is C23H23F2N3O4S. The van der Waals surface area contributed by atoms with E-state index in [-0.39, 0.29) is 23.5 Å². The van der Waals surface area contributed by atoms with Crippen molar-refractivity contribution in [3.63, 3.8) is 0 Å². The number of carbonyl (C=O) groups is 1. The molecule has 0 bridgehead atoms. The molecule has 3 aromatic rings. The standard InChI is InChI=1S/C23H23F2N3O4S/c1-14(18-12-17(30-2)8-9-20(18)31-3)27-21(29)13-33-23-26-11-10-19(28-23)15-4-6-16(7-5-15)32-22(24)25/h4-12,14,22H,13H2,1-3H3,(H,27,29)/t14-/m1/s1. The molecule has 0 radical (unpaired) electrons. The van der Waals surface area contributed by atoms with E-state index < -0.39 is 6.61 Å². The first-order valence-corrected chi connectivity index (χ1v) is 10.9. The zero-order valence-corrected chi connectivity index (χ0v) is 19.1. The number of halogens is 2. The lowest BCUT2D eigenvalue weighted by Gasteiger charge is -2.18. The van der Waals surface area contributed by atoms with Crippen molar-refractivity contribution in [1.82, 2.24) is 15.3 Å². The van der Waals surface area contributed by atoms with Crippen LogP contribution in [0.15, 0.2) is 59.9 Å². The van der Waals surface area contributed by atoms with Crippen molar-refractivity contribution in [3.8, 4) is 28.5 Å². The number of nitrogens with one attached hydrogen (secondary N) is 1. The maximum Gasteiger partial charge on any atom is 0.387 e. The van der Waals surface area contributed by atoms with Gasteiger partial charge in [0, 0.05) is 17.3 Å². The van der Waals surface area contributed by atoms with E-state index in [1.807, 2.05) is 13.0 Å². The van der Waals surface area contributed by atoms with Gasteiger partial charge >= 0.3 is 6.61 Å². The monoisotopic (exact) mass is 475 g/mol. The average Bonchev–Trinajstić information content (AvgIpc) is 2.82. The minimum absolute atomic E-state index is 0.0656. The number of benzene rings is 2. The van der Waals surface area contributed by atoms with Crippen LogP contribution in [0.4, 0.5) is 8.78 Å². The quantitative estimate of drug-likeness (QED) is 0.335. The Morgan fingerprint density at radius 3 is 2.45 bits per heavy atom. The highest BCUT2D eigenvalue weighted by atomic mass is 32.2. The lowest BCUT2D eigenvalue weighted by atomic mass is 10.1. The van der Waals surface area contributed by atoms with Crippen molar-refractivity contribution in [2.24, 2.45) is 0 Å². The molecule has 0 aliphatic carbocycles. The molecule has 7 nitrogen and oxygen atoms in total. The molecule has 0 aliphatic rings. The van der Waals surface area contributed by atoms with Crippen LogP contribution in [0.1, 0.15) is 18.5 Å². The van der Waals surface area contributed by atoms with E-state index in [2.05, 4.69) is 20.0 Å². The molecule has 0 spiro atoms. The van der Waals surface area contributed by atoms with Crippen molar-refractivity contribution < 1.29 is 27.8 Å². The lowest BCUT2D eigenvalue weighted by Crippen LogP contribution is -2.28. The van der Waals surface area contributed by atoms with Crippen LogP contribution in [0.2, 0.25) is 0 Å². The van der Waals surface area contributed by atoms with Crippen molar-refractivity contribution in [2.45, 2.75) is 24.7 Å². The molecule has 174 valence electrons. The molecule has 10 heteroatoms. The molecule has 1 aromatic heterocycles. The summed E-state index contributed by atoms with van der Waals surface area (Å²) in [5.74, 6) is 1.30. The number of aromatic nitrogens is 2. The molecule has 1 atom stereocenters. The molecule has 0 fully saturated rings. The number of methoxy groups -OCH3 is 2. The van der Waals surface area contributed by atoms with Gasteiger partial charge in [-0.15, -0.1) is 0 Å². The molecule has 0 unspecified atom stereocenters. The van der Waals surface area contributed by atoms with E-state index in [1.54, 1.807) is 50.7 Å². The van der Waals surface area contributed by atoms with Crippen LogP contribution in [-0.2, 0) is 4.79 Å². The van der Waals surface area contributed by atoms with E-state index in [0.29, 0.717) is 27.9 Å². The van der Waals surface area contributed by atoms with Crippen LogP contribution in [0, 0.1) is 0 Å². The molecule has 0 saturated heterocycles. The smallest absolute Gasteiger partial charge is 0.387 e. The Bertz CT molecular complexity index is 1080. The molecule has 0 saturated carbocycles. The molecule has 2 aromatic carbocycles. The Morgan fingerprint density at radius 2 is 1.79 bits per heavy atom. The van der Waals surface area contributed by atoms with Crippen LogP contribution < -0.4 is 19.5 Å². The van der Waals surface area contributed by atoms with Gasteiger partial charge in [-0.25, -0.2) is 9.97 Å². The average molecular weight is 476 g/mol. The summed E-state index contributed by atoms with van der Waals surface area (Å²) in [5.41, 5.74) is 2.11. The fourth-order valence-electron chi connectivity index (χ4n) is 3.05. The van der Waals surface area contributed by atoms with Crippen LogP contribution >= 0.6 is 11.8 Å². The molecule has 0 aliphatic heterocycles. The lowest BCUT2D eigenvalue weighted by molar-refractivity contribution is -0.119. The van der Waals surface area contributed by atoms with Crippen LogP contribution in [-0.4, -0.2) is 42.5 Å². The van der Waals surface area contributed by atoms with Gasteiger partial charge in [0.1, 0.15) is 17.2 Å². The van der Waals surface area contributed by atoms with Gasteiger partial charge in [-0.1, -0.05) is 11.8 Å². The van der Waals surface area contributed by atoms with Gasteiger partial charge in [-0.2, -0.15) is 8.78 Å². The summed E-state index contributed by atoms with van der Waals surface area (Å²) in [6.45, 7) is -1.02. The Morgan fingerprint density at radius 1 is 1.06 bits per heavy atom. The fourth-order valence-corrected chi connectivity index (χ4v) is 3.69. The maximum absolute atomic E-state index is 12.5. The summed E-state index contributed by atoms with van der Waals surface area (Å²) < 4.78 is 39.6. The Labute approximate surface area is 194 Å². The second-order valence-electron chi connectivity index (χ2n) is 6.81. The molecule has 1 amide bonds. The van der Waals surface area contributed by atoms with Crippen molar-refractivity contribution in [3.05, 3.63) is 60.3 Å². The molecule has 1 N–H and O–H groups in total. The van der Waals surface area contributed by atoms with Gasteiger partial charge in [0.05, 0.1) is 31.7 Å². The maximum atomic E-state index is 12.5. The number of rotatable bonds is 10. The largest absolute Gasteiger partial charge is 0.497 e. The first kappa shape index (κ1) is 24.2. The summed E-state index contributed by atoms with van der Waals surface area (Å²) in [6, 6.07) is 12.9. The third kappa shape index (κ3) is 6.79. The number of ether oxygens (including phenoxy) is 3. The van der Waals surface area contributed by atoms with Crippen molar-refractivity contribution in [2.75, 3.05) is 20.0 Å². The summed E-state index contributed by atoms with van der Waals surface area (Å²) in [5, 5.41) is 3.35. The van der Waals surface area contributed by atoms with Crippen LogP contribution in [0.5, 0.6) is 17.2 Å². The highest BCUT2D eigenvalue weighted by Crippen LogP contribution is 2.29. The summed E-state index contributed by atoms with van der Waals surface area (Å²) in [6.07, 6.45) is 1.58. The second-order valence-corrected chi connectivity index (χ2v) is 7.76. The van der Waals surface area contributed by atoms with Crippen LogP contribution in [0.3, 0.4) is 0 Å². The second kappa shape index (κ2) is 11.5. The Hall–Kier alpha value is -3.40. The van der Waals surface area contributed by atoms with E-state index in [0.717, 1.165) is 5.56 Å². The van der Waals surface area contributed by atoms with Gasteiger partial charge in [-0.3, -0.25) is 4.79 Å². The number of thioether (sulfide) groups is 1. The molecule has 3 rings (SSSR count). The highest BCUT2D eigenvalue weighted by Gasteiger charge is 2.16. The van der Waals surface area contributed by atoms with E-state index in [9.17, 15) is 13.6 Å². The third-order valence-corrected chi connectivity index (χ3v) is 5.48. The third-order valence-electron chi connectivity index (χ3n) is 4.62.